The van der Waals surface area contributed by atoms with Crippen LogP contribution in [0.15, 0.2) is 48.5 Å². The van der Waals surface area contributed by atoms with Crippen molar-refractivity contribution >= 4 is 61.1 Å². The summed E-state index contributed by atoms with van der Waals surface area (Å²) in [6.07, 6.45) is 2.46. The van der Waals surface area contributed by atoms with Crippen LogP contribution in [0.3, 0.4) is 0 Å². The van der Waals surface area contributed by atoms with E-state index in [1.54, 1.807) is 0 Å². The summed E-state index contributed by atoms with van der Waals surface area (Å²) < 4.78 is 48.7. The van der Waals surface area contributed by atoms with Crippen LogP contribution in [-0.4, -0.2) is 45.5 Å². The molecule has 0 bridgehead atoms. The van der Waals surface area contributed by atoms with Crippen LogP contribution in [0.5, 0.6) is 23.0 Å². The van der Waals surface area contributed by atoms with Crippen molar-refractivity contribution in [2.75, 3.05) is 0 Å². The van der Waals surface area contributed by atoms with Crippen molar-refractivity contribution in [1.29, 1.82) is 0 Å². The Hall–Kier alpha value is -2.06. The second kappa shape index (κ2) is 19.0. The van der Waals surface area contributed by atoms with Crippen LogP contribution in [-0.2, 0) is 67.3 Å². The summed E-state index contributed by atoms with van der Waals surface area (Å²) >= 11 is 0. The quantitative estimate of drug-likeness (QED) is 0.144. The third kappa shape index (κ3) is 13.2. The molecule has 0 aliphatic carbocycles. The zero-order valence-corrected chi connectivity index (χ0v) is 48.6. The third-order valence-corrected chi connectivity index (χ3v) is 13.9. The molecule has 0 saturated carbocycles. The smallest absolute Gasteiger partial charge is 0.736 e. The molecule has 6 rings (SSSR count). The molecular formula is C54H76O8P2Sr. The molecule has 65 heavy (non-hydrogen) atoms. The van der Waals surface area contributed by atoms with Crippen molar-refractivity contribution in [1.82, 2.24) is 0 Å². The zero-order valence-electron chi connectivity index (χ0n) is 43.3. The summed E-state index contributed by atoms with van der Waals surface area (Å²) in [5.74, 6) is 1.66. The van der Waals surface area contributed by atoms with Crippen molar-refractivity contribution in [3.63, 3.8) is 0 Å². The summed E-state index contributed by atoms with van der Waals surface area (Å²) in [4.78, 5) is 26.1. The fourth-order valence-corrected chi connectivity index (χ4v) is 10.00. The number of benzene rings is 4. The molecular weight excluding hydrogens is 926 g/mol. The Kier molecular flexibility index (Phi) is 16.3. The molecule has 2 aliphatic heterocycles. The number of rotatable bonds is 2. The van der Waals surface area contributed by atoms with Crippen molar-refractivity contribution in [3.8, 4) is 23.0 Å². The summed E-state index contributed by atoms with van der Waals surface area (Å²) in [6, 6.07) is 16.7. The van der Waals surface area contributed by atoms with Gasteiger partial charge in [-0.15, -0.1) is 0 Å². The number of hydrogen-bond donors (Lipinski definition) is 0. The molecule has 8 nitrogen and oxygen atoms in total. The largest absolute Gasteiger partial charge is 2.00 e. The van der Waals surface area contributed by atoms with Crippen LogP contribution in [0.1, 0.15) is 205 Å². The zero-order chi connectivity index (χ0) is 48.6. The van der Waals surface area contributed by atoms with Crippen molar-refractivity contribution in [3.05, 3.63) is 115 Å². The Balaban J connectivity index is 0.000000282. The van der Waals surface area contributed by atoms with Gasteiger partial charge < -0.3 is 27.9 Å². The molecule has 0 atom stereocenters. The van der Waals surface area contributed by atoms with Gasteiger partial charge >= 0.3 is 61.1 Å². The van der Waals surface area contributed by atoms with Crippen molar-refractivity contribution in [2.45, 2.75) is 197 Å². The molecule has 0 spiro atoms. The molecule has 0 aromatic heterocycles. The molecule has 4 aromatic rings. The Morgan fingerprint density at radius 3 is 0.862 bits per heavy atom. The number of aryl methyl sites for hydroxylation is 2. The van der Waals surface area contributed by atoms with E-state index in [1.165, 1.54) is 11.1 Å². The molecule has 352 valence electrons. The molecule has 0 fully saturated rings. The first-order chi connectivity index (χ1) is 28.8. The molecule has 2 heterocycles. The Bertz CT molecular complexity index is 2350. The van der Waals surface area contributed by atoms with Gasteiger partial charge in [-0.25, -0.2) is 9.13 Å². The molecule has 0 radical (unpaired) electrons. The summed E-state index contributed by atoms with van der Waals surface area (Å²) in [6.45, 7) is 42.6. The van der Waals surface area contributed by atoms with E-state index in [0.29, 0.717) is 48.7 Å². The van der Waals surface area contributed by atoms with Crippen molar-refractivity contribution < 1.29 is 37.0 Å². The average molecular weight is 1000 g/mol. The first-order valence-electron chi connectivity index (χ1n) is 22.9. The molecule has 11 heteroatoms. The van der Waals surface area contributed by atoms with E-state index in [-0.39, 0.29) is 78.0 Å². The maximum Gasteiger partial charge on any atom is 2.00 e. The summed E-state index contributed by atoms with van der Waals surface area (Å²) in [7, 11) is -9.24. The fraction of sp³-hybridized carbons (Fsp3) is 0.556. The molecule has 0 unspecified atom stereocenters. The topological polar surface area (TPSA) is 117 Å². The second-order valence-corrected chi connectivity index (χ2v) is 26.6. The van der Waals surface area contributed by atoms with Crippen LogP contribution in [0.25, 0.3) is 0 Å². The monoisotopic (exact) mass is 1000 g/mol. The minimum atomic E-state index is -4.68. The number of hydrogen-bond acceptors (Lipinski definition) is 8. The maximum atomic E-state index is 13.3. The summed E-state index contributed by atoms with van der Waals surface area (Å²) in [5, 5.41) is 0. The fourth-order valence-electron chi connectivity index (χ4n) is 8.13. The van der Waals surface area contributed by atoms with Gasteiger partial charge in [-0.05, 0) is 101 Å². The van der Waals surface area contributed by atoms with E-state index < -0.39 is 15.6 Å². The van der Waals surface area contributed by atoms with Crippen LogP contribution >= 0.6 is 15.6 Å². The maximum absolute atomic E-state index is 13.3. The minimum Gasteiger partial charge on any atom is -0.736 e. The first kappa shape index (κ1) is 55.5. The van der Waals surface area contributed by atoms with Gasteiger partial charge in [-0.1, -0.05) is 187 Å². The van der Waals surface area contributed by atoms with Gasteiger partial charge in [0.25, 0.3) is 0 Å². The first-order valence-corrected chi connectivity index (χ1v) is 25.9. The second-order valence-electron chi connectivity index (χ2n) is 24.1. The van der Waals surface area contributed by atoms with Gasteiger partial charge in [0.05, 0.1) is 0 Å². The molecule has 0 amide bonds. The van der Waals surface area contributed by atoms with E-state index in [2.05, 4.69) is 173 Å². The van der Waals surface area contributed by atoms with Gasteiger partial charge in [0, 0.05) is 24.0 Å². The third-order valence-electron chi connectivity index (χ3n) is 12.2. The average Bonchev–Trinajstić information content (AvgIpc) is 3.09. The molecule has 0 saturated heterocycles. The van der Waals surface area contributed by atoms with Crippen LogP contribution in [0.2, 0.25) is 0 Å². The van der Waals surface area contributed by atoms with Crippen LogP contribution in [0, 0.1) is 0 Å². The van der Waals surface area contributed by atoms with E-state index in [1.807, 2.05) is 13.8 Å². The number of fused-ring (bicyclic) bond motifs is 4. The number of phosphoric ester groups is 2. The Morgan fingerprint density at radius 2 is 0.631 bits per heavy atom. The van der Waals surface area contributed by atoms with E-state index in [9.17, 15) is 18.9 Å². The van der Waals surface area contributed by atoms with E-state index in [0.717, 1.165) is 55.6 Å². The minimum absolute atomic E-state index is 0. The van der Waals surface area contributed by atoms with Gasteiger partial charge in [-0.3, -0.25) is 0 Å². The van der Waals surface area contributed by atoms with E-state index in [4.69, 9.17) is 18.1 Å². The van der Waals surface area contributed by atoms with Gasteiger partial charge in [0.2, 0.25) is 0 Å². The van der Waals surface area contributed by atoms with Gasteiger partial charge in [-0.2, -0.15) is 0 Å². The Morgan fingerprint density at radius 1 is 0.400 bits per heavy atom. The Labute approximate surface area is 429 Å². The predicted molar refractivity (Wildman–Crippen MR) is 266 cm³/mol. The normalized spacial score (nSPS) is 16.0. The van der Waals surface area contributed by atoms with Crippen LogP contribution in [0.4, 0.5) is 0 Å². The summed E-state index contributed by atoms with van der Waals surface area (Å²) in [5.41, 5.74) is 10.8. The number of phosphoric acid groups is 2. The van der Waals surface area contributed by atoms with E-state index >= 15 is 0 Å². The predicted octanol–water partition coefficient (Wildman–Crippen LogP) is 13.6. The molecule has 2 aliphatic rings. The SMILES string of the molecule is CC(C)(C)c1cc2c(c(C(C)(C)C)c1)OP(=O)([O-])Oc1c(cc(C(C)(C)C)cc1C(C)(C)C)C2.CCc1cc(C(C)(C)C)cc2c1OP(=O)([O-])Oc1c(CC)cc(C(C)(C)C)cc1C2.[Sr+2]. The van der Waals surface area contributed by atoms with Gasteiger partial charge in [0.1, 0.15) is 23.0 Å². The van der Waals surface area contributed by atoms with Gasteiger partial charge in [0.15, 0.2) is 0 Å². The molecule has 4 aromatic carbocycles. The molecule has 0 N–H and O–H groups in total. The van der Waals surface area contributed by atoms with Crippen molar-refractivity contribution in [2.24, 2.45) is 0 Å². The standard InChI is InChI=1S/C29H43O4P.C25H35O4P.Sr/c1-26(2,3)20-14-18-13-19-15-21(27(4,5)6)17-23(29(10,11)12)25(19)33-34(30,31)32-24(18)22(16-20)28(7,8)9;1-9-16-12-20(24(3,4)5)14-18-11-19-15-21(25(6,7)8)13-17(10-2)23(19)29-30(26,27)28-22(16)18;/h14-17H,13H2,1-12H3,(H,30,31);12-15H,9-11H2,1-8H3,(H,26,27);/q;;+2/p-2. The van der Waals surface area contributed by atoms with Crippen LogP contribution < -0.4 is 27.9 Å².